The van der Waals surface area contributed by atoms with Crippen molar-refractivity contribution in [2.24, 2.45) is 5.73 Å². The van der Waals surface area contributed by atoms with Crippen molar-refractivity contribution in [1.82, 2.24) is 16.0 Å². The van der Waals surface area contributed by atoms with Crippen LogP contribution in [0.1, 0.15) is 16.8 Å². The fourth-order valence-electron chi connectivity index (χ4n) is 1.77. The van der Waals surface area contributed by atoms with Crippen LogP contribution >= 0.6 is 11.8 Å². The zero-order valence-electron chi connectivity index (χ0n) is 14.7. The number of carbonyl (C=O) groups is 5. The molecule has 0 bridgehead atoms. The maximum absolute atomic E-state index is 11.8. The summed E-state index contributed by atoms with van der Waals surface area (Å²) in [5, 5.41) is 6.77. The number of rotatable bonds is 11. The van der Waals surface area contributed by atoms with Gasteiger partial charge in [0.15, 0.2) is 5.78 Å². The fourth-order valence-corrected chi connectivity index (χ4v) is 2.44. The molecular weight excluding hydrogens is 372 g/mol. The Morgan fingerprint density at radius 1 is 0.815 bits per heavy atom. The molecule has 0 atom stereocenters. The highest BCUT2D eigenvalue weighted by Gasteiger charge is 2.11. The van der Waals surface area contributed by atoms with Gasteiger partial charge in [-0.3, -0.25) is 24.0 Å². The molecule has 0 saturated carbocycles. The Bertz CT molecular complexity index is 681. The minimum Gasteiger partial charge on any atom is -0.347 e. The molecule has 27 heavy (non-hydrogen) atoms. The molecule has 5 N–H and O–H groups in total. The minimum absolute atomic E-state index is 0.120. The zero-order chi connectivity index (χ0) is 20.1. The molecule has 0 aromatic heterocycles. The summed E-state index contributed by atoms with van der Waals surface area (Å²) in [6, 6.07) is 8.53. The quantitative estimate of drug-likeness (QED) is 0.369. The van der Waals surface area contributed by atoms with Crippen LogP contribution < -0.4 is 21.7 Å². The van der Waals surface area contributed by atoms with Gasteiger partial charge >= 0.3 is 0 Å². The Labute approximate surface area is 160 Å². The van der Waals surface area contributed by atoms with E-state index >= 15 is 0 Å². The Morgan fingerprint density at radius 2 is 1.37 bits per heavy atom. The molecule has 0 spiro atoms. The van der Waals surface area contributed by atoms with Gasteiger partial charge in [0, 0.05) is 12.0 Å². The molecule has 3 amide bonds. The lowest BCUT2D eigenvalue weighted by molar-refractivity contribution is -0.128. The second-order valence-corrected chi connectivity index (χ2v) is 6.30. The average Bonchev–Trinajstić information content (AvgIpc) is 2.68. The summed E-state index contributed by atoms with van der Waals surface area (Å²) in [7, 11) is 0. The van der Waals surface area contributed by atoms with Crippen LogP contribution in [0, 0.1) is 0 Å². The zero-order valence-corrected chi connectivity index (χ0v) is 15.5. The first kappa shape index (κ1) is 22.3. The van der Waals surface area contributed by atoms with E-state index in [1.54, 1.807) is 30.3 Å². The molecule has 0 aliphatic heterocycles. The summed E-state index contributed by atoms with van der Waals surface area (Å²) in [5.74, 6) is -1.89. The van der Waals surface area contributed by atoms with Gasteiger partial charge in [-0.05, 0) is 6.54 Å². The number of ketones is 1. The second-order valence-electron chi connectivity index (χ2n) is 5.35. The minimum atomic E-state index is -0.564. The first-order chi connectivity index (χ1) is 12.9. The smallest absolute Gasteiger partial charge is 0.239 e. The van der Waals surface area contributed by atoms with Gasteiger partial charge in [-0.15, -0.1) is 0 Å². The van der Waals surface area contributed by atoms with Gasteiger partial charge in [0.2, 0.25) is 22.8 Å². The Kier molecular flexibility index (Phi) is 10.4. The lowest BCUT2D eigenvalue weighted by atomic mass is 10.2. The van der Waals surface area contributed by atoms with Crippen LogP contribution in [0.5, 0.6) is 0 Å². The predicted octanol–water partition coefficient (Wildman–Crippen LogP) is -1.17. The van der Waals surface area contributed by atoms with E-state index in [9.17, 15) is 24.0 Å². The van der Waals surface area contributed by atoms with Gasteiger partial charge < -0.3 is 21.7 Å². The molecule has 10 heteroatoms. The summed E-state index contributed by atoms with van der Waals surface area (Å²) in [6.45, 7) is -0.570. The molecule has 1 aromatic carbocycles. The van der Waals surface area contributed by atoms with Crippen LogP contribution in [0.3, 0.4) is 0 Å². The highest BCUT2D eigenvalue weighted by atomic mass is 32.2. The molecule has 0 aliphatic carbocycles. The second kappa shape index (κ2) is 12.6. The maximum Gasteiger partial charge on any atom is 0.239 e. The van der Waals surface area contributed by atoms with E-state index < -0.39 is 17.7 Å². The number of carbonyl (C=O) groups excluding carboxylic acids is 5. The number of hydrogen-bond donors (Lipinski definition) is 4. The van der Waals surface area contributed by atoms with Crippen molar-refractivity contribution >= 4 is 40.4 Å². The first-order valence-electron chi connectivity index (χ1n) is 8.16. The van der Waals surface area contributed by atoms with E-state index in [1.807, 2.05) is 0 Å². The monoisotopic (exact) mass is 394 g/mol. The normalized spacial score (nSPS) is 9.96. The van der Waals surface area contributed by atoms with Crippen molar-refractivity contribution in [3.8, 4) is 0 Å². The van der Waals surface area contributed by atoms with Gasteiger partial charge in [-0.2, -0.15) is 0 Å². The van der Waals surface area contributed by atoms with Gasteiger partial charge in [0.05, 0.1) is 25.4 Å². The van der Waals surface area contributed by atoms with Crippen molar-refractivity contribution < 1.29 is 24.0 Å². The van der Waals surface area contributed by atoms with Crippen LogP contribution in [-0.2, 0) is 19.2 Å². The highest BCUT2D eigenvalue weighted by molar-refractivity contribution is 8.14. The molecule has 0 heterocycles. The maximum atomic E-state index is 11.8. The van der Waals surface area contributed by atoms with Crippen LogP contribution in [0.4, 0.5) is 0 Å². The predicted molar refractivity (Wildman–Crippen MR) is 101 cm³/mol. The lowest BCUT2D eigenvalue weighted by Gasteiger charge is -2.07. The molecule has 0 fully saturated rings. The van der Waals surface area contributed by atoms with Gasteiger partial charge in [-0.1, -0.05) is 42.1 Å². The van der Waals surface area contributed by atoms with E-state index in [0.29, 0.717) is 5.56 Å². The lowest BCUT2D eigenvalue weighted by Crippen LogP contribution is -2.43. The van der Waals surface area contributed by atoms with E-state index in [4.69, 9.17) is 5.73 Å². The summed E-state index contributed by atoms with van der Waals surface area (Å²) in [4.78, 5) is 57.8. The van der Waals surface area contributed by atoms with E-state index in [1.165, 1.54) is 0 Å². The van der Waals surface area contributed by atoms with Crippen molar-refractivity contribution in [3.63, 3.8) is 0 Å². The molecule has 9 nitrogen and oxygen atoms in total. The third-order valence-corrected chi connectivity index (χ3v) is 4.05. The van der Waals surface area contributed by atoms with Gasteiger partial charge in [0.25, 0.3) is 0 Å². The molecule has 0 aliphatic rings. The van der Waals surface area contributed by atoms with Crippen LogP contribution in [-0.4, -0.2) is 60.6 Å². The number of nitrogens with one attached hydrogen (secondary N) is 3. The Morgan fingerprint density at radius 3 is 1.96 bits per heavy atom. The Balaban J connectivity index is 2.16. The van der Waals surface area contributed by atoms with Crippen molar-refractivity contribution in [3.05, 3.63) is 35.9 Å². The summed E-state index contributed by atoms with van der Waals surface area (Å²) in [6.07, 6.45) is 0.170. The number of hydrogen-bond acceptors (Lipinski definition) is 7. The molecule has 146 valence electrons. The number of thioether (sulfide) groups is 1. The number of Topliss-reactive ketones (excluding diaryl/α,β-unsaturated/α-hetero) is 1. The van der Waals surface area contributed by atoms with Crippen molar-refractivity contribution in [2.45, 2.75) is 6.42 Å². The first-order valence-corrected chi connectivity index (χ1v) is 9.15. The molecule has 0 unspecified atom stereocenters. The summed E-state index contributed by atoms with van der Waals surface area (Å²) in [5.41, 5.74) is 5.70. The Hall–Kier alpha value is -2.72. The van der Waals surface area contributed by atoms with Crippen LogP contribution in [0.2, 0.25) is 0 Å². The van der Waals surface area contributed by atoms with Crippen molar-refractivity contribution in [1.29, 1.82) is 0 Å². The van der Waals surface area contributed by atoms with E-state index in [-0.39, 0.29) is 49.3 Å². The summed E-state index contributed by atoms with van der Waals surface area (Å²) < 4.78 is 0. The third-order valence-electron chi connectivity index (χ3n) is 3.14. The number of benzene rings is 1. The summed E-state index contributed by atoms with van der Waals surface area (Å²) >= 11 is 0.833. The van der Waals surface area contributed by atoms with Gasteiger partial charge in [0.1, 0.15) is 0 Å². The van der Waals surface area contributed by atoms with Crippen LogP contribution in [0.25, 0.3) is 0 Å². The SMILES string of the molecule is NCCC(=O)CNC(=O)CNC(=O)CNC(=O)CSC(=O)c1ccccc1. The topological polar surface area (TPSA) is 147 Å². The molecule has 1 aromatic rings. The van der Waals surface area contributed by atoms with Crippen molar-refractivity contribution in [2.75, 3.05) is 31.9 Å². The van der Waals surface area contributed by atoms with Gasteiger partial charge in [-0.25, -0.2) is 0 Å². The van der Waals surface area contributed by atoms with E-state index in [0.717, 1.165) is 11.8 Å². The number of amides is 3. The molecular formula is C17H22N4O5S. The fraction of sp³-hybridized carbons (Fsp3) is 0.353. The number of nitrogens with two attached hydrogens (primary N) is 1. The molecule has 1 rings (SSSR count). The standard InChI is InChI=1S/C17H22N4O5S/c18-7-6-13(22)8-19-14(23)9-20-15(24)10-21-16(25)11-27-17(26)12-4-2-1-3-5-12/h1-5H,6-11,18H2,(H,19,23)(H,20,24)(H,21,25). The largest absolute Gasteiger partial charge is 0.347 e. The molecule has 0 radical (unpaired) electrons. The van der Waals surface area contributed by atoms with Crippen LogP contribution in [0.15, 0.2) is 30.3 Å². The average molecular weight is 394 g/mol. The molecule has 0 saturated heterocycles. The van der Waals surface area contributed by atoms with E-state index in [2.05, 4.69) is 16.0 Å². The third kappa shape index (κ3) is 10.1. The highest BCUT2D eigenvalue weighted by Crippen LogP contribution is 2.11.